The van der Waals surface area contributed by atoms with Gasteiger partial charge in [0.1, 0.15) is 5.75 Å². The minimum absolute atomic E-state index is 0.108. The molecule has 138 valence electrons. The molecule has 26 heavy (non-hydrogen) atoms. The van der Waals surface area contributed by atoms with Gasteiger partial charge in [-0.1, -0.05) is 18.2 Å². The number of rotatable bonds is 5. The molecule has 1 heterocycles. The normalized spacial score (nSPS) is 17.3. The van der Waals surface area contributed by atoms with Gasteiger partial charge in [-0.3, -0.25) is 4.79 Å². The van der Waals surface area contributed by atoms with Crippen LogP contribution in [0.1, 0.15) is 28.8 Å². The lowest BCUT2D eigenvalue weighted by Gasteiger charge is -2.25. The van der Waals surface area contributed by atoms with E-state index in [1.165, 1.54) is 12.1 Å². The van der Waals surface area contributed by atoms with Gasteiger partial charge >= 0.3 is 0 Å². The van der Waals surface area contributed by atoms with Crippen LogP contribution in [0.25, 0.3) is 0 Å². The Morgan fingerprint density at radius 1 is 1.19 bits per heavy atom. The highest BCUT2D eigenvalue weighted by atomic mass is 32.2. The summed E-state index contributed by atoms with van der Waals surface area (Å²) in [7, 11) is -1.70. The number of hydrogen-bond donors (Lipinski definition) is 0. The van der Waals surface area contributed by atoms with Crippen LogP contribution in [-0.4, -0.2) is 45.2 Å². The first kappa shape index (κ1) is 18.5. The van der Waals surface area contributed by atoms with Crippen LogP contribution >= 0.6 is 0 Å². The second kappa shape index (κ2) is 7.50. The number of likely N-dealkylation sites (tertiary alicyclic amines) is 1. The summed E-state index contributed by atoms with van der Waals surface area (Å²) in [5.74, 6) is 0.695. The number of amides is 1. The molecular weight excluding hydrogens is 350 g/mol. The van der Waals surface area contributed by atoms with E-state index < -0.39 is 9.84 Å². The van der Waals surface area contributed by atoms with Crippen LogP contribution in [0.3, 0.4) is 0 Å². The van der Waals surface area contributed by atoms with Crippen LogP contribution in [0, 0.1) is 0 Å². The van der Waals surface area contributed by atoms with E-state index in [9.17, 15) is 13.2 Å². The first-order chi connectivity index (χ1) is 12.4. The van der Waals surface area contributed by atoms with Gasteiger partial charge in [-0.15, -0.1) is 0 Å². The summed E-state index contributed by atoms with van der Waals surface area (Å²) in [5, 5.41) is 0. The van der Waals surface area contributed by atoms with Gasteiger partial charge in [0.2, 0.25) is 0 Å². The Kier molecular flexibility index (Phi) is 5.32. The van der Waals surface area contributed by atoms with Crippen LogP contribution in [-0.2, 0) is 16.3 Å². The van der Waals surface area contributed by atoms with Gasteiger partial charge in [0.05, 0.1) is 12.0 Å². The zero-order valence-electron chi connectivity index (χ0n) is 15.0. The SMILES string of the molecule is COc1cccc(CC2CCCN2C(=O)c2cccc(S(C)(=O)=O)c2)c1. The largest absolute Gasteiger partial charge is 0.497 e. The molecular formula is C20H23NO4S. The summed E-state index contributed by atoms with van der Waals surface area (Å²) < 4.78 is 28.8. The third-order valence-electron chi connectivity index (χ3n) is 4.75. The molecule has 0 N–H and O–H groups in total. The molecule has 2 aromatic rings. The van der Waals surface area contributed by atoms with E-state index in [1.807, 2.05) is 29.2 Å². The first-order valence-corrected chi connectivity index (χ1v) is 10.5. The minimum atomic E-state index is -3.34. The van der Waals surface area contributed by atoms with Crippen molar-refractivity contribution in [3.05, 3.63) is 59.7 Å². The monoisotopic (exact) mass is 373 g/mol. The van der Waals surface area contributed by atoms with Gasteiger partial charge in [0, 0.05) is 24.4 Å². The molecule has 2 aromatic carbocycles. The molecule has 0 bridgehead atoms. The second-order valence-electron chi connectivity index (χ2n) is 6.65. The Labute approximate surface area is 154 Å². The highest BCUT2D eigenvalue weighted by molar-refractivity contribution is 7.90. The lowest BCUT2D eigenvalue weighted by molar-refractivity contribution is 0.0736. The van der Waals surface area contributed by atoms with Gasteiger partial charge in [0.25, 0.3) is 5.91 Å². The van der Waals surface area contributed by atoms with E-state index in [0.29, 0.717) is 12.1 Å². The van der Waals surface area contributed by atoms with E-state index in [1.54, 1.807) is 19.2 Å². The van der Waals surface area contributed by atoms with Crippen molar-refractivity contribution in [1.29, 1.82) is 0 Å². The predicted octanol–water partition coefficient (Wildman–Crippen LogP) is 2.95. The van der Waals surface area contributed by atoms with Crippen molar-refractivity contribution in [1.82, 2.24) is 4.90 Å². The summed E-state index contributed by atoms with van der Waals surface area (Å²) >= 11 is 0. The third-order valence-corrected chi connectivity index (χ3v) is 5.86. The number of benzene rings is 2. The van der Waals surface area contributed by atoms with Crippen LogP contribution in [0.4, 0.5) is 0 Å². The maximum Gasteiger partial charge on any atom is 0.254 e. The van der Waals surface area contributed by atoms with E-state index in [2.05, 4.69) is 0 Å². The molecule has 3 rings (SSSR count). The number of hydrogen-bond acceptors (Lipinski definition) is 4. The van der Waals surface area contributed by atoms with Gasteiger partial charge < -0.3 is 9.64 Å². The van der Waals surface area contributed by atoms with Gasteiger partial charge in [0.15, 0.2) is 9.84 Å². The molecule has 1 fully saturated rings. The maximum atomic E-state index is 13.0. The average molecular weight is 373 g/mol. The highest BCUT2D eigenvalue weighted by Crippen LogP contribution is 2.25. The number of methoxy groups -OCH3 is 1. The van der Waals surface area contributed by atoms with Crippen molar-refractivity contribution in [2.45, 2.75) is 30.2 Å². The Balaban J connectivity index is 1.80. The Hall–Kier alpha value is -2.34. The molecule has 1 amide bonds. The predicted molar refractivity (Wildman–Crippen MR) is 100 cm³/mol. The molecule has 1 saturated heterocycles. The van der Waals surface area contributed by atoms with Gasteiger partial charge in [-0.2, -0.15) is 0 Å². The van der Waals surface area contributed by atoms with Crippen LogP contribution in [0.2, 0.25) is 0 Å². The minimum Gasteiger partial charge on any atom is -0.497 e. The molecule has 1 aliphatic rings. The van der Waals surface area contributed by atoms with Gasteiger partial charge in [-0.05, 0) is 55.2 Å². The summed E-state index contributed by atoms with van der Waals surface area (Å²) in [5.41, 5.74) is 1.55. The second-order valence-corrected chi connectivity index (χ2v) is 8.67. The molecule has 1 unspecified atom stereocenters. The Morgan fingerprint density at radius 2 is 1.96 bits per heavy atom. The van der Waals surface area contributed by atoms with E-state index in [0.717, 1.165) is 36.8 Å². The zero-order chi connectivity index (χ0) is 18.7. The summed E-state index contributed by atoms with van der Waals surface area (Å²) in [6, 6.07) is 14.3. The Morgan fingerprint density at radius 3 is 2.69 bits per heavy atom. The van der Waals surface area contributed by atoms with E-state index in [4.69, 9.17) is 4.74 Å². The molecule has 1 aliphatic heterocycles. The summed E-state index contributed by atoms with van der Waals surface area (Å²) in [6.07, 6.45) is 3.80. The van der Waals surface area contributed by atoms with Crippen LogP contribution in [0.5, 0.6) is 5.75 Å². The standard InChI is InChI=1S/C20H23NO4S/c1-25-18-9-3-6-15(13-18)12-17-8-5-11-21(17)20(22)16-7-4-10-19(14-16)26(2,23)24/h3-4,6-7,9-10,13-14,17H,5,8,11-12H2,1-2H3. The van der Waals surface area contributed by atoms with Crippen LogP contribution in [0.15, 0.2) is 53.4 Å². The van der Waals surface area contributed by atoms with E-state index in [-0.39, 0.29) is 16.8 Å². The first-order valence-electron chi connectivity index (χ1n) is 8.62. The van der Waals surface area contributed by atoms with Crippen molar-refractivity contribution < 1.29 is 17.9 Å². The lowest BCUT2D eigenvalue weighted by atomic mass is 10.0. The summed E-state index contributed by atoms with van der Waals surface area (Å²) in [6.45, 7) is 0.691. The fourth-order valence-electron chi connectivity index (χ4n) is 3.41. The van der Waals surface area contributed by atoms with Crippen LogP contribution < -0.4 is 4.74 Å². The Bertz CT molecular complexity index is 908. The lowest BCUT2D eigenvalue weighted by Crippen LogP contribution is -2.36. The topological polar surface area (TPSA) is 63.7 Å². The molecule has 0 radical (unpaired) electrons. The molecule has 0 saturated carbocycles. The number of sulfone groups is 1. The third kappa shape index (κ3) is 4.07. The average Bonchev–Trinajstić information content (AvgIpc) is 3.08. The molecule has 0 spiro atoms. The van der Waals surface area contributed by atoms with Crippen molar-refractivity contribution in [3.8, 4) is 5.75 Å². The molecule has 1 atom stereocenters. The number of carbonyl (C=O) groups excluding carboxylic acids is 1. The zero-order valence-corrected chi connectivity index (χ0v) is 15.8. The molecule has 6 heteroatoms. The number of ether oxygens (including phenoxy) is 1. The highest BCUT2D eigenvalue weighted by Gasteiger charge is 2.30. The maximum absolute atomic E-state index is 13.0. The number of nitrogens with zero attached hydrogens (tertiary/aromatic N) is 1. The fraction of sp³-hybridized carbons (Fsp3) is 0.350. The fourth-order valence-corrected chi connectivity index (χ4v) is 4.08. The smallest absolute Gasteiger partial charge is 0.254 e. The molecule has 5 nitrogen and oxygen atoms in total. The summed E-state index contributed by atoms with van der Waals surface area (Å²) in [4.78, 5) is 15.0. The molecule has 0 aromatic heterocycles. The van der Waals surface area contributed by atoms with Crippen molar-refractivity contribution in [2.24, 2.45) is 0 Å². The quantitative estimate of drug-likeness (QED) is 0.808. The van der Waals surface area contributed by atoms with Crippen molar-refractivity contribution in [2.75, 3.05) is 19.9 Å². The van der Waals surface area contributed by atoms with E-state index >= 15 is 0 Å². The van der Waals surface area contributed by atoms with Gasteiger partial charge in [-0.25, -0.2) is 8.42 Å². The molecule has 0 aliphatic carbocycles. The van der Waals surface area contributed by atoms with Crippen molar-refractivity contribution >= 4 is 15.7 Å². The van der Waals surface area contributed by atoms with Crippen molar-refractivity contribution in [3.63, 3.8) is 0 Å². The number of carbonyl (C=O) groups is 1.